The molecule has 3 saturated heterocycles. The SMILES string of the molecule is OCCC1CCC2C3CCN(CC3)C12. The third-order valence-corrected chi connectivity index (χ3v) is 4.89. The summed E-state index contributed by atoms with van der Waals surface area (Å²) in [6.45, 7) is 3.08. The van der Waals surface area contributed by atoms with Crippen LogP contribution in [0.4, 0.5) is 0 Å². The summed E-state index contributed by atoms with van der Waals surface area (Å²) in [6.07, 6.45) is 6.77. The third kappa shape index (κ3) is 1.24. The van der Waals surface area contributed by atoms with Crippen molar-refractivity contribution < 1.29 is 5.11 Å². The third-order valence-electron chi connectivity index (χ3n) is 4.89. The Morgan fingerprint density at radius 3 is 2.57 bits per heavy atom. The highest BCUT2D eigenvalue weighted by molar-refractivity contribution is 5.01. The second-order valence-corrected chi connectivity index (χ2v) is 5.38. The number of fused-ring (bicyclic) bond motifs is 2. The zero-order valence-electron chi connectivity index (χ0n) is 8.86. The quantitative estimate of drug-likeness (QED) is 0.721. The van der Waals surface area contributed by atoms with Gasteiger partial charge in [-0.2, -0.15) is 0 Å². The summed E-state index contributed by atoms with van der Waals surface area (Å²) in [5.74, 6) is 2.84. The molecule has 1 saturated carbocycles. The lowest BCUT2D eigenvalue weighted by Gasteiger charge is -2.50. The number of rotatable bonds is 2. The van der Waals surface area contributed by atoms with Crippen LogP contribution >= 0.6 is 0 Å². The summed E-state index contributed by atoms with van der Waals surface area (Å²) in [6, 6.07) is 0.856. The topological polar surface area (TPSA) is 23.5 Å². The molecule has 1 aliphatic carbocycles. The lowest BCUT2D eigenvalue weighted by atomic mass is 9.73. The van der Waals surface area contributed by atoms with Gasteiger partial charge < -0.3 is 5.11 Å². The second-order valence-electron chi connectivity index (χ2n) is 5.38. The highest BCUT2D eigenvalue weighted by Crippen LogP contribution is 2.48. The molecule has 4 aliphatic rings. The van der Waals surface area contributed by atoms with Gasteiger partial charge in [-0.05, 0) is 62.9 Å². The number of nitrogens with zero attached hydrogens (tertiary/aromatic N) is 1. The number of piperidine rings is 3. The highest BCUT2D eigenvalue weighted by Gasteiger charge is 2.48. The highest BCUT2D eigenvalue weighted by atomic mass is 16.3. The lowest BCUT2D eigenvalue weighted by molar-refractivity contribution is -0.0132. The monoisotopic (exact) mass is 195 g/mol. The van der Waals surface area contributed by atoms with Crippen molar-refractivity contribution >= 4 is 0 Å². The van der Waals surface area contributed by atoms with Gasteiger partial charge in [0.15, 0.2) is 0 Å². The van der Waals surface area contributed by atoms with Crippen molar-refractivity contribution in [2.75, 3.05) is 19.7 Å². The number of aliphatic hydroxyl groups excluding tert-OH is 1. The maximum atomic E-state index is 9.07. The van der Waals surface area contributed by atoms with Crippen LogP contribution in [-0.2, 0) is 0 Å². The molecule has 14 heavy (non-hydrogen) atoms. The Morgan fingerprint density at radius 2 is 1.86 bits per heavy atom. The molecule has 2 heteroatoms. The van der Waals surface area contributed by atoms with Crippen molar-refractivity contribution in [2.45, 2.75) is 38.1 Å². The van der Waals surface area contributed by atoms with E-state index in [0.717, 1.165) is 30.2 Å². The molecular weight excluding hydrogens is 174 g/mol. The van der Waals surface area contributed by atoms with Crippen molar-refractivity contribution in [3.8, 4) is 0 Å². The van der Waals surface area contributed by atoms with Crippen molar-refractivity contribution in [1.82, 2.24) is 4.90 Å². The zero-order valence-corrected chi connectivity index (χ0v) is 8.86. The molecule has 4 fully saturated rings. The molecule has 1 N–H and O–H groups in total. The average Bonchev–Trinajstić information content (AvgIpc) is 2.67. The van der Waals surface area contributed by atoms with Crippen LogP contribution in [-0.4, -0.2) is 35.7 Å². The van der Waals surface area contributed by atoms with E-state index in [0.29, 0.717) is 6.61 Å². The van der Waals surface area contributed by atoms with Gasteiger partial charge in [-0.3, -0.25) is 4.90 Å². The van der Waals surface area contributed by atoms with Crippen LogP contribution in [0, 0.1) is 17.8 Å². The van der Waals surface area contributed by atoms with Gasteiger partial charge in [0.05, 0.1) is 0 Å². The van der Waals surface area contributed by atoms with Gasteiger partial charge in [0.1, 0.15) is 0 Å². The summed E-state index contributed by atoms with van der Waals surface area (Å²) in [5.41, 5.74) is 0. The maximum Gasteiger partial charge on any atom is 0.0434 e. The van der Waals surface area contributed by atoms with Gasteiger partial charge in [-0.25, -0.2) is 0 Å². The fraction of sp³-hybridized carbons (Fsp3) is 1.00. The standard InChI is InChI=1S/C12H21NO/c14-8-5-10-1-2-11-9-3-6-13(7-4-9)12(10)11/h9-12,14H,1-8H2. The normalized spacial score (nSPS) is 50.8. The first-order valence-corrected chi connectivity index (χ1v) is 6.25. The molecule has 0 aromatic heterocycles. The first-order valence-electron chi connectivity index (χ1n) is 6.25. The van der Waals surface area contributed by atoms with Crippen molar-refractivity contribution in [3.63, 3.8) is 0 Å². The van der Waals surface area contributed by atoms with Gasteiger partial charge in [0.2, 0.25) is 0 Å². The van der Waals surface area contributed by atoms with Crippen molar-refractivity contribution in [3.05, 3.63) is 0 Å². The number of aliphatic hydroxyl groups is 1. The predicted octanol–water partition coefficient (Wildman–Crippen LogP) is 1.49. The van der Waals surface area contributed by atoms with E-state index in [1.165, 1.54) is 38.8 Å². The lowest BCUT2D eigenvalue weighted by Crippen LogP contribution is -2.54. The molecule has 0 aromatic rings. The van der Waals surface area contributed by atoms with Gasteiger partial charge in [0, 0.05) is 12.6 Å². The average molecular weight is 195 g/mol. The van der Waals surface area contributed by atoms with Crippen LogP contribution in [0.25, 0.3) is 0 Å². The Morgan fingerprint density at radius 1 is 1.07 bits per heavy atom. The van der Waals surface area contributed by atoms with Gasteiger partial charge in [-0.15, -0.1) is 0 Å². The molecule has 3 aliphatic heterocycles. The van der Waals surface area contributed by atoms with E-state index in [1.54, 1.807) is 0 Å². The van der Waals surface area contributed by atoms with Gasteiger partial charge >= 0.3 is 0 Å². The second kappa shape index (κ2) is 3.49. The Balaban J connectivity index is 1.77. The molecule has 3 atom stereocenters. The summed E-state index contributed by atoms with van der Waals surface area (Å²) in [7, 11) is 0. The predicted molar refractivity (Wildman–Crippen MR) is 56.0 cm³/mol. The van der Waals surface area contributed by atoms with E-state index < -0.39 is 0 Å². The minimum Gasteiger partial charge on any atom is -0.396 e. The summed E-state index contributed by atoms with van der Waals surface area (Å²) in [4.78, 5) is 2.72. The number of hydrogen-bond donors (Lipinski definition) is 1. The molecule has 3 unspecified atom stereocenters. The van der Waals surface area contributed by atoms with Crippen LogP contribution < -0.4 is 0 Å². The molecule has 4 rings (SSSR count). The van der Waals surface area contributed by atoms with E-state index in [-0.39, 0.29) is 0 Å². The summed E-state index contributed by atoms with van der Waals surface area (Å²) in [5, 5.41) is 9.07. The zero-order chi connectivity index (χ0) is 9.54. The van der Waals surface area contributed by atoms with Crippen molar-refractivity contribution in [1.29, 1.82) is 0 Å². The molecule has 0 radical (unpaired) electrons. The molecule has 80 valence electrons. The molecule has 0 spiro atoms. The molecular formula is C12H21NO. The summed E-state index contributed by atoms with van der Waals surface area (Å²) < 4.78 is 0. The largest absolute Gasteiger partial charge is 0.396 e. The Labute approximate surface area is 86.3 Å². The Kier molecular flexibility index (Phi) is 2.29. The van der Waals surface area contributed by atoms with E-state index in [1.807, 2.05) is 0 Å². The molecule has 2 nitrogen and oxygen atoms in total. The molecule has 2 bridgehead atoms. The Bertz CT molecular complexity index is 210. The minimum atomic E-state index is 0.395. The fourth-order valence-corrected chi connectivity index (χ4v) is 4.31. The smallest absolute Gasteiger partial charge is 0.0434 e. The minimum absolute atomic E-state index is 0.395. The van der Waals surface area contributed by atoms with Crippen LogP contribution in [0.5, 0.6) is 0 Å². The number of hydrogen-bond acceptors (Lipinski definition) is 2. The van der Waals surface area contributed by atoms with E-state index >= 15 is 0 Å². The van der Waals surface area contributed by atoms with Crippen LogP contribution in [0.1, 0.15) is 32.1 Å². The molecule has 0 aromatic carbocycles. The van der Waals surface area contributed by atoms with E-state index in [9.17, 15) is 0 Å². The molecule has 0 amide bonds. The van der Waals surface area contributed by atoms with E-state index in [2.05, 4.69) is 4.90 Å². The van der Waals surface area contributed by atoms with Gasteiger partial charge in [-0.1, -0.05) is 0 Å². The van der Waals surface area contributed by atoms with Gasteiger partial charge in [0.25, 0.3) is 0 Å². The van der Waals surface area contributed by atoms with E-state index in [4.69, 9.17) is 5.11 Å². The van der Waals surface area contributed by atoms with Crippen LogP contribution in [0.3, 0.4) is 0 Å². The first kappa shape index (κ1) is 9.17. The van der Waals surface area contributed by atoms with Crippen molar-refractivity contribution in [2.24, 2.45) is 17.8 Å². The Hall–Kier alpha value is -0.0800. The molecule has 3 heterocycles. The fourth-order valence-electron chi connectivity index (χ4n) is 4.31. The van der Waals surface area contributed by atoms with Crippen LogP contribution in [0.15, 0.2) is 0 Å². The summed E-state index contributed by atoms with van der Waals surface area (Å²) >= 11 is 0. The van der Waals surface area contributed by atoms with Crippen LogP contribution in [0.2, 0.25) is 0 Å². The maximum absolute atomic E-state index is 9.07. The first-order chi connectivity index (χ1) is 6.90.